The molecule has 0 bridgehead atoms. The Labute approximate surface area is 109 Å². The molecule has 2 heterocycles. The molecule has 7 heteroatoms. The highest BCUT2D eigenvalue weighted by atomic mass is 35.5. The topological polar surface area (TPSA) is 85.8 Å². The van der Waals surface area contributed by atoms with E-state index < -0.39 is 0 Å². The SMILES string of the molecule is Cc1cc(NC(=O)c2cc(N)nc(Cl)c2)n(C)n1. The second-order valence-corrected chi connectivity index (χ2v) is 4.24. The Balaban J connectivity index is 2.24. The van der Waals surface area contributed by atoms with Crippen LogP contribution in [0.4, 0.5) is 11.6 Å². The van der Waals surface area contributed by atoms with Crippen molar-refractivity contribution in [2.75, 3.05) is 11.1 Å². The van der Waals surface area contributed by atoms with E-state index in [0.29, 0.717) is 11.4 Å². The third-order valence-corrected chi connectivity index (χ3v) is 2.51. The molecule has 0 saturated heterocycles. The van der Waals surface area contributed by atoms with Crippen molar-refractivity contribution in [2.45, 2.75) is 6.92 Å². The number of nitrogens with zero attached hydrogens (tertiary/aromatic N) is 3. The molecule has 0 fully saturated rings. The van der Waals surface area contributed by atoms with Crippen molar-refractivity contribution in [3.8, 4) is 0 Å². The number of aryl methyl sites for hydroxylation is 2. The van der Waals surface area contributed by atoms with Crippen molar-refractivity contribution < 1.29 is 4.79 Å². The van der Waals surface area contributed by atoms with Gasteiger partial charge in [0.2, 0.25) is 0 Å². The maximum Gasteiger partial charge on any atom is 0.257 e. The summed E-state index contributed by atoms with van der Waals surface area (Å²) in [6.45, 7) is 1.84. The molecule has 3 N–H and O–H groups in total. The van der Waals surface area contributed by atoms with Crippen LogP contribution >= 0.6 is 11.6 Å². The van der Waals surface area contributed by atoms with E-state index in [1.807, 2.05) is 6.92 Å². The molecule has 18 heavy (non-hydrogen) atoms. The molecule has 0 saturated carbocycles. The molecule has 0 aliphatic heterocycles. The number of rotatable bonds is 2. The fourth-order valence-corrected chi connectivity index (χ4v) is 1.78. The number of carbonyl (C=O) groups excluding carboxylic acids is 1. The summed E-state index contributed by atoms with van der Waals surface area (Å²) in [5.41, 5.74) is 6.70. The van der Waals surface area contributed by atoms with Crippen LogP contribution in [0.25, 0.3) is 0 Å². The van der Waals surface area contributed by atoms with E-state index in [1.165, 1.54) is 12.1 Å². The van der Waals surface area contributed by atoms with Crippen molar-refractivity contribution in [3.05, 3.63) is 34.6 Å². The van der Waals surface area contributed by atoms with Crippen LogP contribution in [0.15, 0.2) is 18.2 Å². The third-order valence-electron chi connectivity index (χ3n) is 2.32. The standard InChI is InChI=1S/C11H12ClN5O/c1-6-3-10(17(2)16-6)15-11(18)7-4-8(12)14-9(13)5-7/h3-5H,1-2H3,(H2,13,14)(H,15,18). The number of carbonyl (C=O) groups is 1. The van der Waals surface area contributed by atoms with Gasteiger partial charge in [0, 0.05) is 18.7 Å². The molecule has 0 unspecified atom stereocenters. The van der Waals surface area contributed by atoms with Crippen molar-refractivity contribution in [1.82, 2.24) is 14.8 Å². The fraction of sp³-hybridized carbons (Fsp3) is 0.182. The Bertz CT molecular complexity index is 587. The van der Waals surface area contributed by atoms with E-state index in [9.17, 15) is 4.79 Å². The number of nitrogen functional groups attached to an aromatic ring is 1. The van der Waals surface area contributed by atoms with Gasteiger partial charge < -0.3 is 11.1 Å². The highest BCUT2D eigenvalue weighted by Gasteiger charge is 2.11. The molecule has 0 aromatic carbocycles. The second kappa shape index (κ2) is 4.66. The predicted molar refractivity (Wildman–Crippen MR) is 69.6 cm³/mol. The molecule has 0 aliphatic rings. The van der Waals surface area contributed by atoms with Gasteiger partial charge in [0.05, 0.1) is 5.69 Å². The lowest BCUT2D eigenvalue weighted by Crippen LogP contribution is -2.15. The average molecular weight is 266 g/mol. The molecular weight excluding hydrogens is 254 g/mol. The molecule has 0 aliphatic carbocycles. The van der Waals surface area contributed by atoms with Crippen molar-refractivity contribution >= 4 is 29.1 Å². The quantitative estimate of drug-likeness (QED) is 0.808. The van der Waals surface area contributed by atoms with Gasteiger partial charge >= 0.3 is 0 Å². The predicted octanol–water partition coefficient (Wildman–Crippen LogP) is 1.61. The van der Waals surface area contributed by atoms with Crippen LogP contribution in [0.1, 0.15) is 16.1 Å². The van der Waals surface area contributed by atoms with Gasteiger partial charge in [0.25, 0.3) is 5.91 Å². The van der Waals surface area contributed by atoms with E-state index in [4.69, 9.17) is 17.3 Å². The number of nitrogens with two attached hydrogens (primary N) is 1. The summed E-state index contributed by atoms with van der Waals surface area (Å²) in [6, 6.07) is 4.69. The molecule has 0 spiro atoms. The molecular formula is C11H12ClN5O. The van der Waals surface area contributed by atoms with Gasteiger partial charge in [-0.25, -0.2) is 4.98 Å². The Hall–Kier alpha value is -2.08. The normalized spacial score (nSPS) is 10.4. The highest BCUT2D eigenvalue weighted by Crippen LogP contribution is 2.15. The van der Waals surface area contributed by atoms with Crippen LogP contribution in [0.3, 0.4) is 0 Å². The smallest absolute Gasteiger partial charge is 0.257 e. The average Bonchev–Trinajstić information content (AvgIpc) is 2.56. The zero-order chi connectivity index (χ0) is 13.3. The maximum atomic E-state index is 12.0. The molecule has 0 atom stereocenters. The first kappa shape index (κ1) is 12.4. The largest absolute Gasteiger partial charge is 0.384 e. The van der Waals surface area contributed by atoms with Gasteiger partial charge in [-0.1, -0.05) is 11.6 Å². The summed E-state index contributed by atoms with van der Waals surface area (Å²) in [5, 5.41) is 7.03. The van der Waals surface area contributed by atoms with Crippen LogP contribution in [0.5, 0.6) is 0 Å². The van der Waals surface area contributed by atoms with Gasteiger partial charge in [-0.2, -0.15) is 5.10 Å². The van der Waals surface area contributed by atoms with E-state index in [1.54, 1.807) is 17.8 Å². The number of amides is 1. The van der Waals surface area contributed by atoms with Crippen molar-refractivity contribution in [3.63, 3.8) is 0 Å². The van der Waals surface area contributed by atoms with E-state index >= 15 is 0 Å². The summed E-state index contributed by atoms with van der Waals surface area (Å²) >= 11 is 5.74. The van der Waals surface area contributed by atoms with Crippen LogP contribution in [-0.4, -0.2) is 20.7 Å². The minimum absolute atomic E-state index is 0.182. The molecule has 0 radical (unpaired) electrons. The van der Waals surface area contributed by atoms with Crippen molar-refractivity contribution in [2.24, 2.45) is 7.05 Å². The molecule has 2 aromatic rings. The van der Waals surface area contributed by atoms with Crippen molar-refractivity contribution in [1.29, 1.82) is 0 Å². The van der Waals surface area contributed by atoms with Gasteiger partial charge in [0.1, 0.15) is 16.8 Å². The lowest BCUT2D eigenvalue weighted by Gasteiger charge is -2.06. The number of pyridine rings is 1. The summed E-state index contributed by atoms with van der Waals surface area (Å²) in [7, 11) is 1.75. The summed E-state index contributed by atoms with van der Waals surface area (Å²) < 4.78 is 1.58. The molecule has 94 valence electrons. The Morgan fingerprint density at radius 3 is 2.72 bits per heavy atom. The molecule has 2 rings (SSSR count). The van der Waals surface area contributed by atoms with Crippen LogP contribution in [0.2, 0.25) is 5.15 Å². The number of hydrogen-bond acceptors (Lipinski definition) is 4. The van der Waals surface area contributed by atoms with Gasteiger partial charge in [-0.3, -0.25) is 9.48 Å². The summed E-state index contributed by atoms with van der Waals surface area (Å²) in [6.07, 6.45) is 0. The number of halogens is 1. The molecule has 2 aromatic heterocycles. The van der Waals surface area contributed by atoms with E-state index in [0.717, 1.165) is 5.69 Å². The third kappa shape index (κ3) is 2.60. The fourth-order valence-electron chi connectivity index (χ4n) is 1.56. The van der Waals surface area contributed by atoms with Gasteiger partial charge in [-0.15, -0.1) is 0 Å². The molecule has 6 nitrogen and oxygen atoms in total. The number of anilines is 2. The van der Waals surface area contributed by atoms with E-state index in [2.05, 4.69) is 15.4 Å². The second-order valence-electron chi connectivity index (χ2n) is 3.85. The zero-order valence-corrected chi connectivity index (χ0v) is 10.7. The Kier molecular flexibility index (Phi) is 3.20. The van der Waals surface area contributed by atoms with Gasteiger partial charge in [-0.05, 0) is 19.1 Å². The van der Waals surface area contributed by atoms with Crippen LogP contribution < -0.4 is 11.1 Å². The minimum Gasteiger partial charge on any atom is -0.384 e. The first-order valence-corrected chi connectivity index (χ1v) is 5.58. The Morgan fingerprint density at radius 2 is 2.17 bits per heavy atom. The summed E-state index contributed by atoms with van der Waals surface area (Å²) in [4.78, 5) is 15.8. The highest BCUT2D eigenvalue weighted by molar-refractivity contribution is 6.30. The first-order chi connectivity index (χ1) is 8.45. The molecule has 1 amide bonds. The first-order valence-electron chi connectivity index (χ1n) is 5.21. The Morgan fingerprint density at radius 1 is 1.44 bits per heavy atom. The lowest BCUT2D eigenvalue weighted by atomic mass is 10.2. The lowest BCUT2D eigenvalue weighted by molar-refractivity contribution is 0.102. The van der Waals surface area contributed by atoms with Crippen LogP contribution in [0, 0.1) is 6.92 Å². The number of hydrogen-bond donors (Lipinski definition) is 2. The zero-order valence-electron chi connectivity index (χ0n) is 9.94. The van der Waals surface area contributed by atoms with Gasteiger partial charge in [0.15, 0.2) is 0 Å². The van der Waals surface area contributed by atoms with E-state index in [-0.39, 0.29) is 16.9 Å². The number of nitrogens with one attached hydrogen (secondary N) is 1. The monoisotopic (exact) mass is 265 g/mol. The maximum absolute atomic E-state index is 12.0. The number of aromatic nitrogens is 3. The van der Waals surface area contributed by atoms with Crippen LogP contribution in [-0.2, 0) is 7.05 Å². The summed E-state index contributed by atoms with van der Waals surface area (Å²) in [5.74, 6) is 0.492. The minimum atomic E-state index is -0.311.